The molecule has 0 saturated carbocycles. The van der Waals surface area contributed by atoms with Gasteiger partial charge in [-0.25, -0.2) is 8.42 Å². The van der Waals surface area contributed by atoms with Crippen molar-refractivity contribution in [2.75, 3.05) is 33.6 Å². The third-order valence-corrected chi connectivity index (χ3v) is 6.73. The maximum Gasteiger partial charge on any atom is 0.313 e. The minimum Gasteiger partial charge on any atom is -0.466 e. The number of benzene rings is 1. The van der Waals surface area contributed by atoms with Crippen LogP contribution in [0.25, 0.3) is 0 Å². The summed E-state index contributed by atoms with van der Waals surface area (Å²) < 4.78 is 42.3. The maximum absolute atomic E-state index is 13.0. The zero-order chi connectivity index (χ0) is 22.4. The molecule has 2 rings (SSSR count). The second-order valence-electron chi connectivity index (χ2n) is 6.58. The molecule has 1 aliphatic rings. The predicted molar refractivity (Wildman–Crippen MR) is 103 cm³/mol. The highest BCUT2D eigenvalue weighted by Gasteiger charge is 2.46. The van der Waals surface area contributed by atoms with Gasteiger partial charge in [-0.1, -0.05) is 12.1 Å². The fraction of sp³-hybridized carbons (Fsp3) is 0.556. The molecule has 166 valence electrons. The first kappa shape index (κ1) is 23.9. The molecule has 0 spiro atoms. The van der Waals surface area contributed by atoms with Crippen LogP contribution in [0.2, 0.25) is 0 Å². The molecular formula is C18H24N2O9S. The minimum atomic E-state index is -4.16. The molecule has 0 N–H and O–H groups in total. The van der Waals surface area contributed by atoms with Gasteiger partial charge in [0.05, 0.1) is 11.5 Å². The van der Waals surface area contributed by atoms with Crippen molar-refractivity contribution in [2.24, 2.45) is 0 Å². The summed E-state index contributed by atoms with van der Waals surface area (Å²) in [4.78, 5) is 34.5. The molecular weight excluding hydrogens is 420 g/mol. The molecule has 30 heavy (non-hydrogen) atoms. The van der Waals surface area contributed by atoms with Gasteiger partial charge in [-0.2, -0.15) is 4.31 Å². The lowest BCUT2D eigenvalue weighted by atomic mass is 9.86. The summed E-state index contributed by atoms with van der Waals surface area (Å²) in [5.41, 5.74) is -1.93. The van der Waals surface area contributed by atoms with Crippen LogP contribution < -0.4 is 0 Å². The molecule has 1 fully saturated rings. The van der Waals surface area contributed by atoms with E-state index in [4.69, 9.17) is 14.2 Å². The smallest absolute Gasteiger partial charge is 0.313 e. The predicted octanol–water partition coefficient (Wildman–Crippen LogP) is 1.26. The summed E-state index contributed by atoms with van der Waals surface area (Å²) >= 11 is 0. The molecule has 1 heterocycles. The second kappa shape index (κ2) is 10.1. The molecule has 0 amide bonds. The van der Waals surface area contributed by atoms with Crippen LogP contribution in [0.1, 0.15) is 26.2 Å². The van der Waals surface area contributed by atoms with Gasteiger partial charge < -0.3 is 14.2 Å². The van der Waals surface area contributed by atoms with Crippen LogP contribution in [0.4, 0.5) is 5.69 Å². The number of ketones is 1. The van der Waals surface area contributed by atoms with Crippen LogP contribution in [-0.2, 0) is 33.8 Å². The van der Waals surface area contributed by atoms with Crippen molar-refractivity contribution in [1.29, 1.82) is 0 Å². The molecule has 0 bridgehead atoms. The van der Waals surface area contributed by atoms with Gasteiger partial charge in [0.2, 0.25) is 10.0 Å². The number of esters is 1. The Bertz CT molecular complexity index is 893. The zero-order valence-electron chi connectivity index (χ0n) is 16.7. The van der Waals surface area contributed by atoms with E-state index in [1.165, 1.54) is 25.3 Å². The Morgan fingerprint density at radius 3 is 2.43 bits per heavy atom. The van der Waals surface area contributed by atoms with Crippen molar-refractivity contribution in [3.63, 3.8) is 0 Å². The number of nitro benzene ring substituents is 1. The van der Waals surface area contributed by atoms with Gasteiger partial charge >= 0.3 is 5.97 Å². The third kappa shape index (κ3) is 5.19. The summed E-state index contributed by atoms with van der Waals surface area (Å²) in [5, 5.41) is 11.2. The fourth-order valence-electron chi connectivity index (χ4n) is 3.23. The number of Topliss-reactive ketones (excluding diaryl/α,β-unsaturated/α-hetero) is 1. The standard InChI is InChI=1S/C18H24N2O9S/c1-3-28-17(22)12-16(21)18(29-13-27-2)8-10-19(11-9-18)30(25,26)15-7-5-4-6-14(15)20(23)24/h4-7H,3,8-13H2,1-2H3. The molecule has 1 aliphatic heterocycles. The van der Waals surface area contributed by atoms with Gasteiger partial charge in [0.15, 0.2) is 10.7 Å². The zero-order valence-corrected chi connectivity index (χ0v) is 17.6. The van der Waals surface area contributed by atoms with Gasteiger partial charge in [0.25, 0.3) is 5.69 Å². The van der Waals surface area contributed by atoms with Gasteiger partial charge in [-0.3, -0.25) is 19.7 Å². The number of methoxy groups -OCH3 is 1. The van der Waals surface area contributed by atoms with E-state index in [1.54, 1.807) is 6.92 Å². The molecule has 0 aliphatic carbocycles. The van der Waals surface area contributed by atoms with Crippen LogP contribution in [0, 0.1) is 10.1 Å². The lowest BCUT2D eigenvalue weighted by Gasteiger charge is -2.39. The summed E-state index contributed by atoms with van der Waals surface area (Å²) in [6, 6.07) is 5.07. The Morgan fingerprint density at radius 2 is 1.87 bits per heavy atom. The Morgan fingerprint density at radius 1 is 1.23 bits per heavy atom. The largest absolute Gasteiger partial charge is 0.466 e. The molecule has 0 aromatic heterocycles. The number of piperidine rings is 1. The number of sulfonamides is 1. The van der Waals surface area contributed by atoms with E-state index in [9.17, 15) is 28.1 Å². The number of para-hydroxylation sites is 1. The number of carbonyl (C=O) groups excluding carboxylic acids is 2. The lowest BCUT2D eigenvalue weighted by Crippen LogP contribution is -2.53. The van der Waals surface area contributed by atoms with E-state index in [0.29, 0.717) is 0 Å². The molecule has 0 atom stereocenters. The highest BCUT2D eigenvalue weighted by Crippen LogP contribution is 2.33. The number of nitrogens with zero attached hydrogens (tertiary/aromatic N) is 2. The summed E-state index contributed by atoms with van der Waals surface area (Å²) in [6.45, 7) is 1.29. The number of carbonyl (C=O) groups is 2. The van der Waals surface area contributed by atoms with Gasteiger partial charge in [0.1, 0.15) is 18.8 Å². The Balaban J connectivity index is 2.22. The van der Waals surface area contributed by atoms with Crippen LogP contribution in [0.3, 0.4) is 0 Å². The number of nitro groups is 1. The van der Waals surface area contributed by atoms with E-state index in [0.717, 1.165) is 10.4 Å². The molecule has 1 saturated heterocycles. The number of hydrogen-bond acceptors (Lipinski definition) is 9. The number of ether oxygens (including phenoxy) is 3. The number of hydrogen-bond donors (Lipinski definition) is 0. The van der Waals surface area contributed by atoms with Crippen molar-refractivity contribution in [3.8, 4) is 0 Å². The van der Waals surface area contributed by atoms with E-state index in [2.05, 4.69) is 0 Å². The van der Waals surface area contributed by atoms with Crippen molar-refractivity contribution in [2.45, 2.75) is 36.7 Å². The Hall–Kier alpha value is -2.41. The summed E-state index contributed by atoms with van der Waals surface area (Å²) in [7, 11) is -2.79. The fourth-order valence-corrected chi connectivity index (χ4v) is 4.83. The number of rotatable bonds is 10. The van der Waals surface area contributed by atoms with Crippen LogP contribution >= 0.6 is 0 Å². The normalized spacial score (nSPS) is 16.7. The Labute approximate surface area is 174 Å². The van der Waals surface area contributed by atoms with Crippen LogP contribution in [0.5, 0.6) is 0 Å². The van der Waals surface area contributed by atoms with E-state index in [-0.39, 0.29) is 39.3 Å². The quantitative estimate of drug-likeness (QED) is 0.171. The monoisotopic (exact) mass is 444 g/mol. The average Bonchev–Trinajstić information content (AvgIpc) is 2.72. The SMILES string of the molecule is CCOC(=O)CC(=O)C1(OCOC)CCN(S(=O)(=O)c2ccccc2[N+](=O)[O-])CC1. The van der Waals surface area contributed by atoms with Crippen molar-refractivity contribution in [1.82, 2.24) is 4.31 Å². The molecule has 12 heteroatoms. The third-order valence-electron chi connectivity index (χ3n) is 4.78. The molecule has 0 radical (unpaired) electrons. The van der Waals surface area contributed by atoms with Crippen molar-refractivity contribution >= 4 is 27.5 Å². The first-order chi connectivity index (χ1) is 14.2. The van der Waals surface area contributed by atoms with E-state index >= 15 is 0 Å². The lowest BCUT2D eigenvalue weighted by molar-refractivity contribution is -0.387. The Kier molecular flexibility index (Phi) is 8.01. The highest BCUT2D eigenvalue weighted by molar-refractivity contribution is 7.89. The second-order valence-corrected chi connectivity index (χ2v) is 8.49. The van der Waals surface area contributed by atoms with E-state index < -0.39 is 49.3 Å². The molecule has 1 aromatic carbocycles. The van der Waals surface area contributed by atoms with Gasteiger partial charge in [-0.15, -0.1) is 0 Å². The van der Waals surface area contributed by atoms with Crippen LogP contribution in [-0.4, -0.2) is 68.6 Å². The van der Waals surface area contributed by atoms with Crippen LogP contribution in [0.15, 0.2) is 29.2 Å². The van der Waals surface area contributed by atoms with Crippen molar-refractivity contribution in [3.05, 3.63) is 34.4 Å². The maximum atomic E-state index is 13.0. The first-order valence-electron chi connectivity index (χ1n) is 9.23. The van der Waals surface area contributed by atoms with E-state index in [1.807, 2.05) is 0 Å². The van der Waals surface area contributed by atoms with Gasteiger partial charge in [-0.05, 0) is 25.8 Å². The minimum absolute atomic E-state index is 0.0333. The average molecular weight is 444 g/mol. The molecule has 11 nitrogen and oxygen atoms in total. The first-order valence-corrected chi connectivity index (χ1v) is 10.7. The molecule has 1 aromatic rings. The summed E-state index contributed by atoms with van der Waals surface area (Å²) in [5.74, 6) is -1.22. The highest BCUT2D eigenvalue weighted by atomic mass is 32.2. The summed E-state index contributed by atoms with van der Waals surface area (Å²) in [6.07, 6.45) is -0.572. The topological polar surface area (TPSA) is 142 Å². The van der Waals surface area contributed by atoms with Gasteiger partial charge in [0, 0.05) is 26.3 Å². The molecule has 0 unspecified atom stereocenters. The van der Waals surface area contributed by atoms with Crippen molar-refractivity contribution < 1.29 is 37.1 Å².